The highest BCUT2D eigenvalue weighted by Gasteiger charge is 2.28. The summed E-state index contributed by atoms with van der Waals surface area (Å²) in [5, 5.41) is 15.7. The van der Waals surface area contributed by atoms with Crippen molar-refractivity contribution in [2.75, 3.05) is 37.6 Å². The number of carbonyl (C=O) groups excluding carboxylic acids is 1. The molecular formula is C34H38N4O4. The molecule has 0 bridgehead atoms. The van der Waals surface area contributed by atoms with E-state index in [0.29, 0.717) is 50.7 Å². The van der Waals surface area contributed by atoms with E-state index in [2.05, 4.69) is 10.2 Å². The summed E-state index contributed by atoms with van der Waals surface area (Å²) in [6.07, 6.45) is 0. The molecule has 0 atom stereocenters. The molecule has 0 spiro atoms. The Kier molecular flexibility index (Phi) is 8.47. The van der Waals surface area contributed by atoms with Gasteiger partial charge in [0.25, 0.3) is 5.56 Å². The van der Waals surface area contributed by atoms with E-state index in [9.17, 15) is 14.8 Å². The van der Waals surface area contributed by atoms with E-state index in [1.165, 1.54) is 6.92 Å². The first-order valence-corrected chi connectivity index (χ1v) is 14.4. The fourth-order valence-electron chi connectivity index (χ4n) is 5.35. The average molecular weight is 567 g/mol. The minimum absolute atomic E-state index is 0.0693. The van der Waals surface area contributed by atoms with Gasteiger partial charge in [0.05, 0.1) is 38.4 Å². The van der Waals surface area contributed by atoms with Crippen LogP contribution in [0.3, 0.4) is 0 Å². The quantitative estimate of drug-likeness (QED) is 0.218. The highest BCUT2D eigenvalue weighted by molar-refractivity contribution is 5.73. The second-order valence-corrected chi connectivity index (χ2v) is 11.0. The third-order valence-electron chi connectivity index (χ3n) is 7.97. The number of benzene rings is 3. The fraction of sp³-hybridized carbons (Fsp3) is 0.294. The smallest absolute Gasteiger partial charge is 0.300 e. The van der Waals surface area contributed by atoms with Crippen molar-refractivity contribution in [2.45, 2.75) is 34.2 Å². The van der Waals surface area contributed by atoms with Crippen LogP contribution < -0.4 is 20.5 Å². The summed E-state index contributed by atoms with van der Waals surface area (Å²) in [5.74, 6) is 0.721. The number of aryl methyl sites for hydroxylation is 2. The molecule has 0 aliphatic carbocycles. The Hall–Kier alpha value is -4.40. The first kappa shape index (κ1) is 29.1. The molecule has 4 aromatic rings. The third-order valence-corrected chi connectivity index (χ3v) is 7.97. The van der Waals surface area contributed by atoms with E-state index in [1.54, 1.807) is 4.57 Å². The van der Waals surface area contributed by atoms with Gasteiger partial charge in [-0.15, -0.1) is 0 Å². The largest absolute Gasteiger partial charge is 0.633 e. The maximum absolute atomic E-state index is 14.1. The van der Waals surface area contributed by atoms with Crippen molar-refractivity contribution >= 4 is 11.6 Å². The second-order valence-electron chi connectivity index (χ2n) is 11.0. The van der Waals surface area contributed by atoms with Crippen molar-refractivity contribution in [3.05, 3.63) is 111 Å². The van der Waals surface area contributed by atoms with Gasteiger partial charge in [-0.3, -0.25) is 14.2 Å². The number of hydroxylamine groups is 3. The Balaban J connectivity index is 1.48. The molecule has 5 rings (SSSR count). The lowest BCUT2D eigenvalue weighted by Crippen LogP contribution is -2.56. The molecule has 1 N–H and O–H groups in total. The molecule has 42 heavy (non-hydrogen) atoms. The van der Waals surface area contributed by atoms with Crippen LogP contribution >= 0.6 is 0 Å². The number of quaternary nitrogens is 1. The Labute approximate surface area is 247 Å². The zero-order chi connectivity index (χ0) is 29.9. The standard InChI is InChI=1S/C34H38N4O4/c1-5-38(41)19-17-36(18-20-38)32-21-25(3)37(30-13-9-24(2)10-14-30)34(40)33(32)42-31-15-11-28(12-16-31)29-8-6-7-27(22-29)23-35-26(4)39/h6-16,21-22H,5,17-20,23H2,1-4H3,(H,35,39). The molecule has 0 unspecified atom stereocenters. The summed E-state index contributed by atoms with van der Waals surface area (Å²) in [5.41, 5.74) is 6.17. The van der Waals surface area contributed by atoms with E-state index in [0.717, 1.165) is 33.6 Å². The highest BCUT2D eigenvalue weighted by Crippen LogP contribution is 2.33. The van der Waals surface area contributed by atoms with Gasteiger partial charge in [-0.25, -0.2) is 0 Å². The Morgan fingerprint density at radius 3 is 2.29 bits per heavy atom. The summed E-state index contributed by atoms with van der Waals surface area (Å²) in [4.78, 5) is 27.5. The monoisotopic (exact) mass is 566 g/mol. The number of nitrogens with zero attached hydrogens (tertiary/aromatic N) is 3. The Bertz CT molecular complexity index is 1620. The Morgan fingerprint density at radius 1 is 0.952 bits per heavy atom. The summed E-state index contributed by atoms with van der Waals surface area (Å²) in [7, 11) is 0. The van der Waals surface area contributed by atoms with E-state index >= 15 is 0 Å². The van der Waals surface area contributed by atoms with Gasteiger partial charge in [0, 0.05) is 24.8 Å². The van der Waals surface area contributed by atoms with Crippen LogP contribution in [0.25, 0.3) is 16.8 Å². The molecule has 1 aliphatic heterocycles. The van der Waals surface area contributed by atoms with Gasteiger partial charge in [0.2, 0.25) is 11.7 Å². The molecule has 1 saturated heterocycles. The van der Waals surface area contributed by atoms with E-state index < -0.39 is 0 Å². The topological polar surface area (TPSA) is 86.6 Å². The van der Waals surface area contributed by atoms with Crippen molar-refractivity contribution in [1.82, 2.24) is 9.88 Å². The van der Waals surface area contributed by atoms with Crippen molar-refractivity contribution in [1.29, 1.82) is 0 Å². The minimum atomic E-state index is -0.243. The van der Waals surface area contributed by atoms with Crippen LogP contribution in [-0.2, 0) is 11.3 Å². The highest BCUT2D eigenvalue weighted by atomic mass is 16.5. The average Bonchev–Trinajstić information content (AvgIpc) is 2.99. The Morgan fingerprint density at radius 2 is 1.64 bits per heavy atom. The lowest BCUT2D eigenvalue weighted by Gasteiger charge is -2.48. The zero-order valence-electron chi connectivity index (χ0n) is 24.7. The van der Waals surface area contributed by atoms with Gasteiger partial charge < -0.3 is 24.8 Å². The number of anilines is 1. The molecule has 1 fully saturated rings. The number of aromatic nitrogens is 1. The van der Waals surface area contributed by atoms with Gasteiger partial charge in [-0.1, -0.05) is 48.0 Å². The van der Waals surface area contributed by atoms with Crippen LogP contribution in [0.1, 0.15) is 30.7 Å². The van der Waals surface area contributed by atoms with Gasteiger partial charge >= 0.3 is 0 Å². The number of amides is 1. The van der Waals surface area contributed by atoms with E-state index in [1.807, 2.05) is 99.6 Å². The van der Waals surface area contributed by atoms with Crippen LogP contribution in [0.15, 0.2) is 83.7 Å². The summed E-state index contributed by atoms with van der Waals surface area (Å²) in [6.45, 7) is 10.4. The van der Waals surface area contributed by atoms with Crippen LogP contribution in [0.4, 0.5) is 5.69 Å². The number of carbonyl (C=O) groups is 1. The lowest BCUT2D eigenvalue weighted by atomic mass is 10.0. The van der Waals surface area contributed by atoms with Crippen molar-refractivity contribution < 1.29 is 14.2 Å². The molecule has 8 nitrogen and oxygen atoms in total. The van der Waals surface area contributed by atoms with Gasteiger partial charge in [0.15, 0.2) is 0 Å². The van der Waals surface area contributed by atoms with Gasteiger partial charge in [-0.2, -0.15) is 0 Å². The van der Waals surface area contributed by atoms with Crippen molar-refractivity contribution in [3.8, 4) is 28.3 Å². The molecule has 0 radical (unpaired) electrons. The predicted molar refractivity (Wildman–Crippen MR) is 167 cm³/mol. The SMILES string of the molecule is CC[N+]1([O-])CCN(c2cc(C)n(-c3ccc(C)cc3)c(=O)c2Oc2ccc(-c3cccc(CNC(C)=O)c3)cc2)CC1. The van der Waals surface area contributed by atoms with E-state index in [-0.39, 0.29) is 21.9 Å². The summed E-state index contributed by atoms with van der Waals surface area (Å²) >= 11 is 0. The van der Waals surface area contributed by atoms with E-state index in [4.69, 9.17) is 4.74 Å². The number of nitrogens with one attached hydrogen (secondary N) is 1. The van der Waals surface area contributed by atoms with Gasteiger partial charge in [-0.05, 0) is 73.9 Å². The van der Waals surface area contributed by atoms with Crippen molar-refractivity contribution in [2.24, 2.45) is 0 Å². The molecule has 0 saturated carbocycles. The van der Waals surface area contributed by atoms with Crippen molar-refractivity contribution in [3.63, 3.8) is 0 Å². The first-order chi connectivity index (χ1) is 20.2. The summed E-state index contributed by atoms with van der Waals surface area (Å²) < 4.78 is 7.84. The maximum Gasteiger partial charge on any atom is 0.300 e. The molecule has 1 amide bonds. The predicted octanol–water partition coefficient (Wildman–Crippen LogP) is 5.70. The molecular weight excluding hydrogens is 528 g/mol. The van der Waals surface area contributed by atoms with Crippen LogP contribution in [0.2, 0.25) is 0 Å². The normalized spacial score (nSPS) is 14.5. The van der Waals surface area contributed by atoms with Crippen LogP contribution in [0.5, 0.6) is 11.5 Å². The summed E-state index contributed by atoms with van der Waals surface area (Å²) in [6, 6.07) is 25.5. The number of ether oxygens (including phenoxy) is 1. The van der Waals surface area contributed by atoms with Crippen LogP contribution in [-0.4, -0.2) is 47.8 Å². The molecule has 1 aliphatic rings. The lowest BCUT2D eigenvalue weighted by molar-refractivity contribution is -0.879. The third kappa shape index (κ3) is 6.40. The zero-order valence-corrected chi connectivity index (χ0v) is 24.7. The molecule has 218 valence electrons. The molecule has 2 heterocycles. The molecule has 1 aromatic heterocycles. The minimum Gasteiger partial charge on any atom is -0.633 e. The number of hydrogen-bond acceptors (Lipinski definition) is 5. The number of pyridine rings is 1. The molecule has 3 aromatic carbocycles. The number of rotatable bonds is 8. The molecule has 8 heteroatoms. The van der Waals surface area contributed by atoms with Crippen LogP contribution in [0, 0.1) is 19.1 Å². The number of likely N-dealkylation sites (N-methyl/N-ethyl adjacent to an activating group) is 1. The maximum atomic E-state index is 14.1. The second kappa shape index (κ2) is 12.2. The fourth-order valence-corrected chi connectivity index (χ4v) is 5.35. The number of piperazine rings is 1. The first-order valence-electron chi connectivity index (χ1n) is 14.4. The number of hydrogen-bond donors (Lipinski definition) is 1. The van der Waals surface area contributed by atoms with Gasteiger partial charge in [0.1, 0.15) is 5.75 Å².